The summed E-state index contributed by atoms with van der Waals surface area (Å²) in [6.07, 6.45) is -4.91. The smallest absolute Gasteiger partial charge is 0.420 e. The quantitative estimate of drug-likeness (QED) is 0.684. The van der Waals surface area contributed by atoms with Gasteiger partial charge in [0.1, 0.15) is 16.9 Å². The van der Waals surface area contributed by atoms with Crippen LogP contribution in [-0.4, -0.2) is 24.1 Å². The standard InChI is InChI=1S/C14H16F3NO4/c1-13(2,3)22-12(20)8-5-4-6-9(21-10(19)7-18)11(8)14(15,16)17/h4-6H,7,18H2,1-3H3. The minimum Gasteiger partial charge on any atom is -0.456 e. The highest BCUT2D eigenvalue weighted by molar-refractivity contribution is 5.92. The van der Waals surface area contributed by atoms with Gasteiger partial charge in [0.2, 0.25) is 0 Å². The molecule has 5 nitrogen and oxygen atoms in total. The number of hydrogen-bond donors (Lipinski definition) is 1. The lowest BCUT2D eigenvalue weighted by Crippen LogP contribution is -2.27. The second-order valence-corrected chi connectivity index (χ2v) is 5.36. The molecule has 0 aliphatic rings. The molecule has 0 aromatic heterocycles. The first kappa shape index (κ1) is 18.0. The van der Waals surface area contributed by atoms with E-state index in [9.17, 15) is 22.8 Å². The fourth-order valence-corrected chi connectivity index (χ4v) is 1.58. The molecule has 1 aromatic carbocycles. The van der Waals surface area contributed by atoms with Gasteiger partial charge in [-0.05, 0) is 32.9 Å². The number of esters is 2. The molecule has 0 amide bonds. The van der Waals surface area contributed by atoms with Gasteiger partial charge in [0, 0.05) is 0 Å². The molecule has 0 spiro atoms. The lowest BCUT2D eigenvalue weighted by molar-refractivity contribution is -0.142. The summed E-state index contributed by atoms with van der Waals surface area (Å²) >= 11 is 0. The summed E-state index contributed by atoms with van der Waals surface area (Å²) in [6, 6.07) is 3.05. The predicted molar refractivity (Wildman–Crippen MR) is 71.3 cm³/mol. The number of halogens is 3. The number of hydrogen-bond acceptors (Lipinski definition) is 5. The van der Waals surface area contributed by atoms with E-state index < -0.39 is 47.1 Å². The van der Waals surface area contributed by atoms with Crippen LogP contribution in [0.15, 0.2) is 18.2 Å². The van der Waals surface area contributed by atoms with Crippen LogP contribution < -0.4 is 10.5 Å². The SMILES string of the molecule is CC(C)(C)OC(=O)c1cccc(OC(=O)CN)c1C(F)(F)F. The van der Waals surface area contributed by atoms with Crippen LogP contribution >= 0.6 is 0 Å². The molecule has 0 unspecified atom stereocenters. The summed E-state index contributed by atoms with van der Waals surface area (Å²) in [5.74, 6) is -3.00. The van der Waals surface area contributed by atoms with Crippen LogP contribution in [0.3, 0.4) is 0 Å². The van der Waals surface area contributed by atoms with Crippen molar-refractivity contribution in [2.75, 3.05) is 6.54 Å². The van der Waals surface area contributed by atoms with Crippen LogP contribution in [0.2, 0.25) is 0 Å². The fraction of sp³-hybridized carbons (Fsp3) is 0.429. The zero-order chi connectivity index (χ0) is 17.1. The second-order valence-electron chi connectivity index (χ2n) is 5.36. The highest BCUT2D eigenvalue weighted by Gasteiger charge is 2.40. The van der Waals surface area contributed by atoms with Crippen LogP contribution in [0, 0.1) is 0 Å². The topological polar surface area (TPSA) is 78.6 Å². The zero-order valence-electron chi connectivity index (χ0n) is 12.3. The molecule has 2 N–H and O–H groups in total. The largest absolute Gasteiger partial charge is 0.456 e. The summed E-state index contributed by atoms with van der Waals surface area (Å²) in [5.41, 5.74) is 1.94. The van der Waals surface area contributed by atoms with E-state index in [0.29, 0.717) is 0 Å². The average Bonchev–Trinajstić information content (AvgIpc) is 2.34. The highest BCUT2D eigenvalue weighted by Crippen LogP contribution is 2.39. The molecule has 1 aromatic rings. The van der Waals surface area contributed by atoms with Crippen molar-refractivity contribution in [2.24, 2.45) is 5.73 Å². The molecule has 122 valence electrons. The van der Waals surface area contributed by atoms with Crippen LogP contribution in [0.1, 0.15) is 36.7 Å². The van der Waals surface area contributed by atoms with E-state index in [4.69, 9.17) is 10.5 Å². The monoisotopic (exact) mass is 319 g/mol. The van der Waals surface area contributed by atoms with Crippen molar-refractivity contribution >= 4 is 11.9 Å². The minimum atomic E-state index is -4.91. The Hall–Kier alpha value is -2.09. The Morgan fingerprint density at radius 2 is 1.77 bits per heavy atom. The predicted octanol–water partition coefficient (Wildman–Crippen LogP) is 2.52. The summed E-state index contributed by atoms with van der Waals surface area (Å²) in [7, 11) is 0. The van der Waals surface area contributed by atoms with Crippen LogP contribution in [0.25, 0.3) is 0 Å². The maximum atomic E-state index is 13.2. The van der Waals surface area contributed by atoms with Gasteiger partial charge in [0.25, 0.3) is 0 Å². The lowest BCUT2D eigenvalue weighted by Gasteiger charge is -2.22. The Bertz CT molecular complexity index is 576. The molecule has 1 rings (SSSR count). The van der Waals surface area contributed by atoms with Gasteiger partial charge in [-0.2, -0.15) is 13.2 Å². The third kappa shape index (κ3) is 4.73. The van der Waals surface area contributed by atoms with Crippen LogP contribution in [0.5, 0.6) is 5.75 Å². The molecule has 0 aliphatic heterocycles. The molecule has 0 radical (unpaired) electrons. The first-order chi connectivity index (χ1) is 9.95. The van der Waals surface area contributed by atoms with E-state index in [1.165, 1.54) is 20.8 Å². The third-order valence-electron chi connectivity index (χ3n) is 2.32. The lowest BCUT2D eigenvalue weighted by atomic mass is 10.1. The summed E-state index contributed by atoms with van der Waals surface area (Å²) < 4.78 is 49.2. The van der Waals surface area contributed by atoms with Gasteiger partial charge in [0.15, 0.2) is 0 Å². The molecule has 0 saturated carbocycles. The van der Waals surface area contributed by atoms with E-state index in [-0.39, 0.29) is 0 Å². The van der Waals surface area contributed by atoms with Gasteiger partial charge >= 0.3 is 18.1 Å². The van der Waals surface area contributed by atoms with Gasteiger partial charge in [-0.1, -0.05) is 6.07 Å². The normalized spacial score (nSPS) is 12.0. The first-order valence-corrected chi connectivity index (χ1v) is 6.30. The Kier molecular flexibility index (Phi) is 5.18. The average molecular weight is 319 g/mol. The molecule has 0 bridgehead atoms. The van der Waals surface area contributed by atoms with Gasteiger partial charge in [-0.25, -0.2) is 4.79 Å². The number of nitrogens with two attached hydrogens (primary N) is 1. The molecule has 0 atom stereocenters. The van der Waals surface area contributed by atoms with E-state index in [1.54, 1.807) is 0 Å². The molecule has 0 fully saturated rings. The van der Waals surface area contributed by atoms with E-state index in [1.807, 2.05) is 0 Å². The number of benzene rings is 1. The van der Waals surface area contributed by atoms with Gasteiger partial charge < -0.3 is 15.2 Å². The van der Waals surface area contributed by atoms with E-state index >= 15 is 0 Å². The number of carbonyl (C=O) groups is 2. The number of alkyl halides is 3. The molecule has 0 heterocycles. The summed E-state index contributed by atoms with van der Waals surface area (Å²) in [5, 5.41) is 0. The van der Waals surface area contributed by atoms with Gasteiger partial charge in [-0.3, -0.25) is 4.79 Å². The third-order valence-corrected chi connectivity index (χ3v) is 2.32. The minimum absolute atomic E-state index is 0.589. The van der Waals surface area contributed by atoms with Crippen LogP contribution in [-0.2, 0) is 15.7 Å². The second kappa shape index (κ2) is 6.35. The van der Waals surface area contributed by atoms with Gasteiger partial charge in [0.05, 0.1) is 12.1 Å². The Labute approximate surface area is 125 Å². The van der Waals surface area contributed by atoms with Crippen molar-refractivity contribution in [1.29, 1.82) is 0 Å². The summed E-state index contributed by atoms with van der Waals surface area (Å²) in [6.45, 7) is 3.98. The van der Waals surface area contributed by atoms with Crippen molar-refractivity contribution < 1.29 is 32.2 Å². The Morgan fingerprint density at radius 3 is 2.23 bits per heavy atom. The van der Waals surface area contributed by atoms with Crippen molar-refractivity contribution in [3.63, 3.8) is 0 Å². The van der Waals surface area contributed by atoms with E-state index in [0.717, 1.165) is 18.2 Å². The number of carbonyl (C=O) groups excluding carboxylic acids is 2. The maximum Gasteiger partial charge on any atom is 0.420 e. The maximum absolute atomic E-state index is 13.2. The molecule has 8 heteroatoms. The Morgan fingerprint density at radius 1 is 1.18 bits per heavy atom. The molecular formula is C14H16F3NO4. The number of ether oxygens (including phenoxy) is 2. The van der Waals surface area contributed by atoms with Crippen molar-refractivity contribution in [3.05, 3.63) is 29.3 Å². The fourth-order valence-electron chi connectivity index (χ4n) is 1.58. The number of rotatable bonds is 3. The zero-order valence-corrected chi connectivity index (χ0v) is 12.3. The van der Waals surface area contributed by atoms with Crippen molar-refractivity contribution in [3.8, 4) is 5.75 Å². The molecule has 22 heavy (non-hydrogen) atoms. The first-order valence-electron chi connectivity index (χ1n) is 6.30. The Balaban J connectivity index is 3.36. The van der Waals surface area contributed by atoms with Crippen molar-refractivity contribution in [1.82, 2.24) is 0 Å². The van der Waals surface area contributed by atoms with Crippen LogP contribution in [0.4, 0.5) is 13.2 Å². The van der Waals surface area contributed by atoms with Gasteiger partial charge in [-0.15, -0.1) is 0 Å². The molecule has 0 aliphatic carbocycles. The molecule has 0 saturated heterocycles. The summed E-state index contributed by atoms with van der Waals surface area (Å²) in [4.78, 5) is 23.1. The highest BCUT2D eigenvalue weighted by atomic mass is 19.4. The molecular weight excluding hydrogens is 303 g/mol. The van der Waals surface area contributed by atoms with Crippen molar-refractivity contribution in [2.45, 2.75) is 32.5 Å². The van der Waals surface area contributed by atoms with E-state index in [2.05, 4.69) is 4.74 Å².